The molecule has 2 N–H and O–H groups in total. The number of aromatic nitrogens is 2. The zero-order chi connectivity index (χ0) is 20.2. The first kappa shape index (κ1) is 21.8. The van der Waals surface area contributed by atoms with E-state index in [2.05, 4.69) is 15.6 Å². The third-order valence-corrected chi connectivity index (χ3v) is 4.75. The number of carbonyl (C=O) groups excluding carboxylic acids is 2. The van der Waals surface area contributed by atoms with Crippen molar-refractivity contribution in [2.45, 2.75) is 18.9 Å². The first-order valence-electron chi connectivity index (χ1n) is 9.25. The monoisotopic (exact) mass is 410 g/mol. The van der Waals surface area contributed by atoms with Crippen LogP contribution in [0.15, 0.2) is 84.7 Å². The SMILES string of the molecule is O=C(Nc1ccc(-n2ccnc2)cc1)C1=C([O-])CC(Cc2ccccc2)NC1=O.[Na+]. The maximum atomic E-state index is 12.5. The van der Waals surface area contributed by atoms with Crippen LogP contribution < -0.4 is 45.3 Å². The Morgan fingerprint density at radius 3 is 2.53 bits per heavy atom. The van der Waals surface area contributed by atoms with Crippen molar-refractivity contribution in [3.63, 3.8) is 0 Å². The summed E-state index contributed by atoms with van der Waals surface area (Å²) in [5.74, 6) is -1.77. The molecule has 1 unspecified atom stereocenters. The topological polar surface area (TPSA) is 99.1 Å². The maximum absolute atomic E-state index is 12.5. The van der Waals surface area contributed by atoms with Gasteiger partial charge in [0.15, 0.2) is 0 Å². The molecule has 7 nitrogen and oxygen atoms in total. The molecule has 1 aliphatic heterocycles. The molecule has 2 aromatic carbocycles. The fraction of sp³-hybridized carbons (Fsp3) is 0.136. The Morgan fingerprint density at radius 2 is 1.90 bits per heavy atom. The molecule has 8 heteroatoms. The fourth-order valence-corrected chi connectivity index (χ4v) is 3.33. The van der Waals surface area contributed by atoms with Crippen molar-refractivity contribution in [1.29, 1.82) is 0 Å². The van der Waals surface area contributed by atoms with Gasteiger partial charge in [-0.1, -0.05) is 30.3 Å². The molecule has 1 aromatic heterocycles. The number of nitrogens with one attached hydrogen (secondary N) is 2. The molecule has 1 atom stereocenters. The Labute approximate surface area is 196 Å². The van der Waals surface area contributed by atoms with Crippen LogP contribution in [0.2, 0.25) is 0 Å². The Hall–Kier alpha value is -2.87. The molecule has 0 saturated carbocycles. The number of hydrogen-bond acceptors (Lipinski definition) is 4. The van der Waals surface area contributed by atoms with Crippen LogP contribution in [-0.4, -0.2) is 27.4 Å². The van der Waals surface area contributed by atoms with Crippen LogP contribution in [0.4, 0.5) is 5.69 Å². The van der Waals surface area contributed by atoms with Gasteiger partial charge in [-0.3, -0.25) is 9.59 Å². The predicted octanol–water partition coefficient (Wildman–Crippen LogP) is -1.44. The molecular weight excluding hydrogens is 391 g/mol. The van der Waals surface area contributed by atoms with Crippen LogP contribution in [0.5, 0.6) is 0 Å². The third kappa shape index (κ3) is 4.99. The van der Waals surface area contributed by atoms with Crippen molar-refractivity contribution in [3.8, 4) is 5.69 Å². The van der Waals surface area contributed by atoms with Gasteiger partial charge in [0.2, 0.25) is 0 Å². The fourth-order valence-electron chi connectivity index (χ4n) is 3.33. The van der Waals surface area contributed by atoms with Crippen molar-refractivity contribution < 1.29 is 44.3 Å². The third-order valence-electron chi connectivity index (χ3n) is 4.75. The molecule has 146 valence electrons. The van der Waals surface area contributed by atoms with Gasteiger partial charge in [-0.25, -0.2) is 4.98 Å². The molecule has 2 heterocycles. The van der Waals surface area contributed by atoms with E-state index in [1.54, 1.807) is 43.0 Å². The van der Waals surface area contributed by atoms with Crippen molar-refractivity contribution >= 4 is 17.5 Å². The summed E-state index contributed by atoms with van der Waals surface area (Å²) in [5, 5.41) is 17.9. The number of benzene rings is 2. The van der Waals surface area contributed by atoms with Gasteiger partial charge in [-0.15, -0.1) is 5.76 Å². The normalized spacial score (nSPS) is 15.9. The summed E-state index contributed by atoms with van der Waals surface area (Å²) in [5.41, 5.74) is 2.05. The van der Waals surface area contributed by atoms with Gasteiger partial charge in [0.1, 0.15) is 0 Å². The van der Waals surface area contributed by atoms with Gasteiger partial charge < -0.3 is 20.3 Å². The quantitative estimate of drug-likeness (QED) is 0.398. The number of carbonyl (C=O) groups is 2. The summed E-state index contributed by atoms with van der Waals surface area (Å²) in [6.07, 6.45) is 5.79. The first-order valence-corrected chi connectivity index (χ1v) is 9.25. The van der Waals surface area contributed by atoms with Gasteiger partial charge in [0.05, 0.1) is 11.9 Å². The molecule has 0 saturated heterocycles. The summed E-state index contributed by atoms with van der Waals surface area (Å²) in [6, 6.07) is 16.3. The van der Waals surface area contributed by atoms with Crippen LogP contribution in [-0.2, 0) is 16.0 Å². The first-order chi connectivity index (χ1) is 14.1. The zero-order valence-electron chi connectivity index (χ0n) is 16.5. The molecular formula is C22H19N4NaO3. The molecule has 0 aliphatic carbocycles. The molecule has 3 aromatic rings. The number of hydrogen-bond donors (Lipinski definition) is 2. The number of amides is 2. The molecule has 0 spiro atoms. The van der Waals surface area contributed by atoms with Gasteiger partial charge in [0, 0.05) is 29.8 Å². The Morgan fingerprint density at radius 1 is 1.17 bits per heavy atom. The van der Waals surface area contributed by atoms with E-state index in [4.69, 9.17) is 0 Å². The second-order valence-corrected chi connectivity index (χ2v) is 6.83. The molecule has 0 radical (unpaired) electrons. The van der Waals surface area contributed by atoms with E-state index in [1.165, 1.54) is 0 Å². The second-order valence-electron chi connectivity index (χ2n) is 6.83. The minimum absolute atomic E-state index is 0. The van der Waals surface area contributed by atoms with Gasteiger partial charge in [-0.05, 0) is 42.7 Å². The van der Waals surface area contributed by atoms with Gasteiger partial charge >= 0.3 is 29.6 Å². The smallest absolute Gasteiger partial charge is 0.875 e. The summed E-state index contributed by atoms with van der Waals surface area (Å²) < 4.78 is 1.82. The molecule has 2 amide bonds. The number of anilines is 1. The largest absolute Gasteiger partial charge is 1.00 e. The zero-order valence-corrected chi connectivity index (χ0v) is 18.5. The van der Waals surface area contributed by atoms with E-state index < -0.39 is 17.6 Å². The summed E-state index contributed by atoms with van der Waals surface area (Å²) >= 11 is 0. The second kappa shape index (κ2) is 9.75. The van der Waals surface area contributed by atoms with Gasteiger partial charge in [-0.2, -0.15) is 0 Å². The summed E-state index contributed by atoms with van der Waals surface area (Å²) in [7, 11) is 0. The number of rotatable bonds is 5. The van der Waals surface area contributed by atoms with E-state index in [1.807, 2.05) is 34.9 Å². The summed E-state index contributed by atoms with van der Waals surface area (Å²) in [6.45, 7) is 0. The molecule has 1 aliphatic rings. The maximum Gasteiger partial charge on any atom is 1.00 e. The predicted molar refractivity (Wildman–Crippen MR) is 106 cm³/mol. The Bertz CT molecular complexity index is 1050. The minimum atomic E-state index is -0.693. The molecule has 0 fully saturated rings. The van der Waals surface area contributed by atoms with E-state index in [0.717, 1.165) is 11.3 Å². The van der Waals surface area contributed by atoms with Crippen LogP contribution >= 0.6 is 0 Å². The van der Waals surface area contributed by atoms with E-state index in [9.17, 15) is 14.7 Å². The number of nitrogens with zero attached hydrogens (tertiary/aromatic N) is 2. The van der Waals surface area contributed by atoms with E-state index >= 15 is 0 Å². The number of imidazole rings is 1. The van der Waals surface area contributed by atoms with Gasteiger partial charge in [0.25, 0.3) is 11.8 Å². The van der Waals surface area contributed by atoms with Crippen LogP contribution in [0.25, 0.3) is 5.69 Å². The Balaban J connectivity index is 0.00000256. The summed E-state index contributed by atoms with van der Waals surface area (Å²) in [4.78, 5) is 28.9. The van der Waals surface area contributed by atoms with Crippen molar-refractivity contribution in [2.75, 3.05) is 5.32 Å². The minimum Gasteiger partial charge on any atom is -0.875 e. The van der Waals surface area contributed by atoms with Crippen molar-refractivity contribution in [1.82, 2.24) is 14.9 Å². The van der Waals surface area contributed by atoms with Crippen molar-refractivity contribution in [2.24, 2.45) is 0 Å². The van der Waals surface area contributed by atoms with E-state index in [0.29, 0.717) is 12.1 Å². The molecule has 4 rings (SSSR count). The molecule has 30 heavy (non-hydrogen) atoms. The molecule has 0 bridgehead atoms. The average molecular weight is 410 g/mol. The van der Waals surface area contributed by atoms with E-state index in [-0.39, 0.29) is 47.6 Å². The van der Waals surface area contributed by atoms with Crippen LogP contribution in [0.3, 0.4) is 0 Å². The average Bonchev–Trinajstić information content (AvgIpc) is 3.23. The Kier molecular flexibility index (Phi) is 7.10. The standard InChI is InChI=1S/C22H20N4O3.Na/c27-19-13-17(12-15-4-2-1-3-5-15)25-22(29)20(19)21(28)24-16-6-8-18(9-7-16)26-11-10-23-14-26;/h1-11,14,17,27H,12-13H2,(H,24,28)(H,25,29);/q;+1/p-1. The van der Waals surface area contributed by atoms with Crippen LogP contribution in [0, 0.1) is 0 Å². The van der Waals surface area contributed by atoms with Crippen molar-refractivity contribution in [3.05, 3.63) is 90.2 Å². The van der Waals surface area contributed by atoms with Crippen LogP contribution in [0.1, 0.15) is 12.0 Å².